The van der Waals surface area contributed by atoms with E-state index in [0.29, 0.717) is 22.4 Å². The van der Waals surface area contributed by atoms with Crippen molar-refractivity contribution in [1.82, 2.24) is 20.0 Å². The maximum absolute atomic E-state index is 13.0. The summed E-state index contributed by atoms with van der Waals surface area (Å²) in [5, 5.41) is 8.42. The van der Waals surface area contributed by atoms with Crippen LogP contribution in [-0.2, 0) is 0 Å². The third kappa shape index (κ3) is 4.09. The smallest absolute Gasteiger partial charge is 0.274 e. The van der Waals surface area contributed by atoms with Crippen LogP contribution in [0.5, 0.6) is 0 Å². The topological polar surface area (TPSA) is 63.3 Å². The van der Waals surface area contributed by atoms with Gasteiger partial charge in [0.05, 0.1) is 12.0 Å². The number of rotatable bonds is 5. The van der Waals surface area contributed by atoms with Crippen LogP contribution < -0.4 is 5.32 Å². The lowest BCUT2D eigenvalue weighted by molar-refractivity contribution is 0.0781. The standard InChI is InChI=1S/C20H21ClN4O2.ClH/c1-22-12-14-8-9-24(13-14)20(26)17-11-18(19-3-2-10-27-19)25(23-17)16-6-4-15(21)5-7-16;/h2-7,10-11,14,22H,8-9,12-13H2,1H3;1H. The van der Waals surface area contributed by atoms with E-state index in [-0.39, 0.29) is 18.3 Å². The summed E-state index contributed by atoms with van der Waals surface area (Å²) in [5.41, 5.74) is 1.97. The lowest BCUT2D eigenvalue weighted by atomic mass is 10.1. The van der Waals surface area contributed by atoms with Crippen molar-refractivity contribution in [3.05, 3.63) is 59.4 Å². The largest absolute Gasteiger partial charge is 0.463 e. The molecule has 0 spiro atoms. The van der Waals surface area contributed by atoms with E-state index in [1.807, 2.05) is 36.2 Å². The van der Waals surface area contributed by atoms with Crippen molar-refractivity contribution >= 4 is 29.9 Å². The van der Waals surface area contributed by atoms with E-state index in [0.717, 1.165) is 37.4 Å². The first kappa shape index (κ1) is 20.5. The van der Waals surface area contributed by atoms with Gasteiger partial charge in [0.2, 0.25) is 0 Å². The van der Waals surface area contributed by atoms with Crippen molar-refractivity contribution in [2.45, 2.75) is 6.42 Å². The van der Waals surface area contributed by atoms with Gasteiger partial charge in [-0.3, -0.25) is 4.79 Å². The molecule has 6 nitrogen and oxygen atoms in total. The molecule has 28 heavy (non-hydrogen) atoms. The van der Waals surface area contributed by atoms with Gasteiger partial charge in [-0.1, -0.05) is 11.6 Å². The van der Waals surface area contributed by atoms with Crippen molar-refractivity contribution in [2.24, 2.45) is 5.92 Å². The summed E-state index contributed by atoms with van der Waals surface area (Å²) in [7, 11) is 1.94. The summed E-state index contributed by atoms with van der Waals surface area (Å²) >= 11 is 6.01. The molecular formula is C20H22Cl2N4O2. The molecule has 1 saturated heterocycles. The molecule has 0 saturated carbocycles. The fourth-order valence-corrected chi connectivity index (χ4v) is 3.62. The van der Waals surface area contributed by atoms with E-state index in [9.17, 15) is 4.79 Å². The highest BCUT2D eigenvalue weighted by atomic mass is 35.5. The van der Waals surface area contributed by atoms with Gasteiger partial charge in [-0.2, -0.15) is 5.10 Å². The SMILES string of the molecule is CNCC1CCN(C(=O)c2cc(-c3ccco3)n(-c3ccc(Cl)cc3)n2)C1.Cl. The van der Waals surface area contributed by atoms with Gasteiger partial charge in [0.15, 0.2) is 11.5 Å². The minimum Gasteiger partial charge on any atom is -0.463 e. The van der Waals surface area contributed by atoms with Crippen LogP contribution in [0.4, 0.5) is 0 Å². The Bertz CT molecular complexity index is 922. The van der Waals surface area contributed by atoms with Crippen LogP contribution in [0.1, 0.15) is 16.9 Å². The predicted molar refractivity (Wildman–Crippen MR) is 111 cm³/mol. The first-order chi connectivity index (χ1) is 13.2. The Balaban J connectivity index is 0.00000225. The van der Waals surface area contributed by atoms with Gasteiger partial charge in [0.1, 0.15) is 5.69 Å². The molecule has 148 valence electrons. The first-order valence-corrected chi connectivity index (χ1v) is 9.37. The Labute approximate surface area is 174 Å². The number of likely N-dealkylation sites (tertiary alicyclic amines) is 1. The van der Waals surface area contributed by atoms with Gasteiger partial charge in [-0.15, -0.1) is 12.4 Å². The monoisotopic (exact) mass is 420 g/mol. The van der Waals surface area contributed by atoms with Crippen LogP contribution >= 0.6 is 24.0 Å². The summed E-state index contributed by atoms with van der Waals surface area (Å²) < 4.78 is 7.28. The minimum absolute atomic E-state index is 0. The van der Waals surface area contributed by atoms with Crippen molar-refractivity contribution in [1.29, 1.82) is 0 Å². The highest BCUT2D eigenvalue weighted by Crippen LogP contribution is 2.27. The highest BCUT2D eigenvalue weighted by Gasteiger charge is 2.29. The van der Waals surface area contributed by atoms with Crippen LogP contribution in [0.2, 0.25) is 5.02 Å². The first-order valence-electron chi connectivity index (χ1n) is 8.99. The van der Waals surface area contributed by atoms with Crippen molar-refractivity contribution < 1.29 is 9.21 Å². The quantitative estimate of drug-likeness (QED) is 0.679. The number of nitrogens with zero attached hydrogens (tertiary/aromatic N) is 3. The van der Waals surface area contributed by atoms with Gasteiger partial charge >= 0.3 is 0 Å². The fourth-order valence-electron chi connectivity index (χ4n) is 3.50. The summed E-state index contributed by atoms with van der Waals surface area (Å²) in [6.45, 7) is 2.43. The number of amides is 1. The zero-order chi connectivity index (χ0) is 18.8. The summed E-state index contributed by atoms with van der Waals surface area (Å²) in [6, 6.07) is 12.8. The van der Waals surface area contributed by atoms with E-state index in [4.69, 9.17) is 16.0 Å². The lowest BCUT2D eigenvalue weighted by Crippen LogP contribution is -2.30. The van der Waals surface area contributed by atoms with Crippen LogP contribution in [0, 0.1) is 5.92 Å². The molecule has 0 bridgehead atoms. The number of benzene rings is 1. The molecule has 0 radical (unpaired) electrons. The minimum atomic E-state index is -0.0471. The molecule has 0 aliphatic carbocycles. The van der Waals surface area contributed by atoms with Crippen LogP contribution in [0.3, 0.4) is 0 Å². The fraction of sp³-hybridized carbons (Fsp3) is 0.300. The third-order valence-corrected chi connectivity index (χ3v) is 5.09. The molecule has 1 amide bonds. The molecular weight excluding hydrogens is 399 g/mol. The Hall–Kier alpha value is -2.28. The molecule has 3 heterocycles. The van der Waals surface area contributed by atoms with Gasteiger partial charge in [-0.25, -0.2) is 4.68 Å². The average Bonchev–Trinajstić information content (AvgIpc) is 3.42. The van der Waals surface area contributed by atoms with E-state index in [1.54, 1.807) is 29.1 Å². The van der Waals surface area contributed by atoms with Gasteiger partial charge < -0.3 is 14.6 Å². The molecule has 1 unspecified atom stereocenters. The number of nitrogens with one attached hydrogen (secondary N) is 1. The second-order valence-corrected chi connectivity index (χ2v) is 7.18. The molecule has 1 fully saturated rings. The summed E-state index contributed by atoms with van der Waals surface area (Å²) in [4.78, 5) is 14.9. The molecule has 3 aromatic rings. The Morgan fingerprint density at radius 3 is 2.79 bits per heavy atom. The molecule has 1 atom stereocenters. The number of furan rings is 1. The van der Waals surface area contributed by atoms with E-state index >= 15 is 0 Å². The van der Waals surface area contributed by atoms with E-state index in [2.05, 4.69) is 10.4 Å². The molecule has 4 rings (SSSR count). The van der Waals surface area contributed by atoms with Crippen molar-refractivity contribution in [3.63, 3.8) is 0 Å². The maximum Gasteiger partial charge on any atom is 0.274 e. The normalized spacial score (nSPS) is 16.2. The molecule has 1 aliphatic heterocycles. The number of aromatic nitrogens is 2. The van der Waals surface area contributed by atoms with Gasteiger partial charge in [0.25, 0.3) is 5.91 Å². The highest BCUT2D eigenvalue weighted by molar-refractivity contribution is 6.30. The Morgan fingerprint density at radius 1 is 1.32 bits per heavy atom. The second-order valence-electron chi connectivity index (χ2n) is 6.74. The summed E-state index contributed by atoms with van der Waals surface area (Å²) in [5.74, 6) is 1.10. The molecule has 1 N–H and O–H groups in total. The van der Waals surface area contributed by atoms with Crippen LogP contribution in [0.25, 0.3) is 17.1 Å². The molecule has 1 aliphatic rings. The number of hydrogen-bond donors (Lipinski definition) is 1. The van der Waals surface area contributed by atoms with Crippen molar-refractivity contribution in [2.75, 3.05) is 26.7 Å². The van der Waals surface area contributed by atoms with Crippen molar-refractivity contribution in [3.8, 4) is 17.1 Å². The average molecular weight is 421 g/mol. The van der Waals surface area contributed by atoms with Gasteiger partial charge in [-0.05, 0) is 62.3 Å². The van der Waals surface area contributed by atoms with E-state index in [1.165, 1.54) is 0 Å². The third-order valence-electron chi connectivity index (χ3n) is 4.84. The zero-order valence-corrected chi connectivity index (χ0v) is 17.0. The second kappa shape index (κ2) is 8.82. The van der Waals surface area contributed by atoms with Crippen LogP contribution in [0.15, 0.2) is 53.1 Å². The number of carbonyl (C=O) groups excluding carboxylic acids is 1. The lowest BCUT2D eigenvalue weighted by Gasteiger charge is -2.15. The molecule has 1 aromatic carbocycles. The van der Waals surface area contributed by atoms with Gasteiger partial charge in [0, 0.05) is 24.2 Å². The number of hydrogen-bond acceptors (Lipinski definition) is 4. The maximum atomic E-state index is 13.0. The predicted octanol–water partition coefficient (Wildman–Crippen LogP) is 3.89. The summed E-state index contributed by atoms with van der Waals surface area (Å²) in [6.07, 6.45) is 2.62. The number of carbonyl (C=O) groups is 1. The number of halogens is 2. The molecule has 2 aromatic heterocycles. The molecule has 8 heteroatoms. The Morgan fingerprint density at radius 2 is 2.11 bits per heavy atom. The zero-order valence-electron chi connectivity index (χ0n) is 15.5. The van der Waals surface area contributed by atoms with E-state index < -0.39 is 0 Å². The Kier molecular flexibility index (Phi) is 6.44. The van der Waals surface area contributed by atoms with Crippen LogP contribution in [-0.4, -0.2) is 47.3 Å².